The van der Waals surface area contributed by atoms with Crippen molar-refractivity contribution in [2.75, 3.05) is 0 Å². The number of thiophene rings is 3. The van der Waals surface area contributed by atoms with Gasteiger partial charge < -0.3 is 9.13 Å². The van der Waals surface area contributed by atoms with Crippen LogP contribution in [0.4, 0.5) is 0 Å². The van der Waals surface area contributed by atoms with E-state index < -0.39 is 0 Å². The highest BCUT2D eigenvalue weighted by molar-refractivity contribution is 7.26. The topological polar surface area (TPSA) is 92.1 Å². The van der Waals surface area contributed by atoms with Crippen LogP contribution in [0.3, 0.4) is 0 Å². The molecule has 0 spiro atoms. The van der Waals surface area contributed by atoms with E-state index in [9.17, 15) is 0 Å². The van der Waals surface area contributed by atoms with Crippen LogP contribution in [0, 0.1) is 0 Å². The molecular weight excluding hydrogens is 1740 g/mol. The maximum atomic E-state index is 5.38. The zero-order valence-corrected chi connectivity index (χ0v) is 76.8. The Morgan fingerprint density at radius 1 is 0.159 bits per heavy atom. The van der Waals surface area contributed by atoms with E-state index in [0.717, 1.165) is 123 Å². The van der Waals surface area contributed by atoms with Crippen LogP contribution in [-0.2, 0) is 0 Å². The molecule has 0 saturated carbocycles. The fourth-order valence-corrected chi connectivity index (χ4v) is 23.5. The molecule has 0 saturated heterocycles. The molecule has 0 aliphatic carbocycles. The smallest absolute Gasteiger partial charge is 0.235 e. The normalized spacial score (nSPS) is 11.6. The lowest BCUT2D eigenvalue weighted by molar-refractivity contribution is 0.996. The number of nitrogens with zero attached hydrogens (tertiary/aromatic N) is 9. The summed E-state index contributed by atoms with van der Waals surface area (Å²) in [5.41, 5.74) is 27.6. The third-order valence-electron chi connectivity index (χ3n) is 26.5. The number of fused-ring (bicyclic) bond motifs is 18. The van der Waals surface area contributed by atoms with E-state index in [2.05, 4.69) is 487 Å². The lowest BCUT2D eigenvalue weighted by atomic mass is 10.00. The molecule has 138 heavy (non-hydrogen) atoms. The van der Waals surface area contributed by atoms with Gasteiger partial charge in [0.2, 0.25) is 5.95 Å². The summed E-state index contributed by atoms with van der Waals surface area (Å²) in [4.78, 5) is 31.8. The lowest BCUT2D eigenvalue weighted by Gasteiger charge is -2.13. The molecule has 0 radical (unpaired) electrons. The average Bonchev–Trinajstić information content (AvgIpc) is 1.57. The predicted octanol–water partition coefficient (Wildman–Crippen LogP) is 34.5. The summed E-state index contributed by atoms with van der Waals surface area (Å²) in [6.45, 7) is 0. The van der Waals surface area contributed by atoms with Gasteiger partial charge in [-0.15, -0.1) is 34.0 Å². The molecule has 0 bridgehead atoms. The molecule has 0 fully saturated rings. The van der Waals surface area contributed by atoms with Gasteiger partial charge in [0.25, 0.3) is 0 Å². The molecular formula is C126H79N9S3. The number of para-hydroxylation sites is 7. The first kappa shape index (κ1) is 81.3. The lowest BCUT2D eigenvalue weighted by Crippen LogP contribution is -2.04. The average molecular weight is 1820 g/mol. The van der Waals surface area contributed by atoms with Crippen molar-refractivity contribution in [3.05, 3.63) is 479 Å². The molecule has 0 atom stereocenters. The third-order valence-corrected chi connectivity index (χ3v) is 29.9. The Kier molecular flexibility index (Phi) is 20.3. The molecule has 0 amide bonds. The van der Waals surface area contributed by atoms with Gasteiger partial charge in [0.1, 0.15) is 0 Å². The summed E-state index contributed by atoms with van der Waals surface area (Å²) in [5.74, 6) is 2.08. The van der Waals surface area contributed by atoms with Crippen molar-refractivity contribution >= 4 is 160 Å². The Balaban J connectivity index is 0.000000108. The highest BCUT2D eigenvalue weighted by atomic mass is 32.1. The zero-order valence-electron chi connectivity index (χ0n) is 74.4. The van der Waals surface area contributed by atoms with E-state index in [0.29, 0.717) is 17.6 Å². The van der Waals surface area contributed by atoms with E-state index in [1.165, 1.54) is 115 Å². The number of hydrogen-bond donors (Lipinski definition) is 0. The van der Waals surface area contributed by atoms with Gasteiger partial charge in [-0.2, -0.15) is 0 Å². The molecule has 28 aromatic rings. The van der Waals surface area contributed by atoms with E-state index in [1.54, 1.807) is 0 Å². The number of benzene rings is 19. The van der Waals surface area contributed by atoms with Gasteiger partial charge >= 0.3 is 0 Å². The summed E-state index contributed by atoms with van der Waals surface area (Å²) in [6, 6.07) is 170. The Morgan fingerprint density at radius 2 is 0.493 bits per heavy atom. The van der Waals surface area contributed by atoms with Crippen LogP contribution >= 0.6 is 34.0 Å². The van der Waals surface area contributed by atoms with E-state index in [1.807, 2.05) is 40.1 Å². The summed E-state index contributed by atoms with van der Waals surface area (Å²) >= 11 is 5.48. The molecule has 28 rings (SSSR count). The molecule has 19 aromatic carbocycles. The van der Waals surface area contributed by atoms with Crippen LogP contribution in [0.1, 0.15) is 0 Å². The largest absolute Gasteiger partial charge is 0.309 e. The Hall–Kier alpha value is -17.5. The molecule has 0 unspecified atom stereocenters. The summed E-state index contributed by atoms with van der Waals surface area (Å²) in [5, 5.41) is 14.7. The van der Waals surface area contributed by atoms with E-state index in [4.69, 9.17) is 29.9 Å². The van der Waals surface area contributed by atoms with Crippen LogP contribution < -0.4 is 0 Å². The van der Waals surface area contributed by atoms with Gasteiger partial charge in [-0.25, -0.2) is 29.9 Å². The second-order valence-corrected chi connectivity index (χ2v) is 37.9. The van der Waals surface area contributed by atoms with Crippen LogP contribution in [0.25, 0.3) is 256 Å². The minimum Gasteiger partial charge on any atom is -0.309 e. The van der Waals surface area contributed by atoms with Crippen molar-refractivity contribution in [1.29, 1.82) is 0 Å². The molecule has 0 aliphatic heterocycles. The number of hydrogen-bond acceptors (Lipinski definition) is 9. The summed E-state index contributed by atoms with van der Waals surface area (Å²) < 4.78 is 14.5. The second-order valence-electron chi connectivity index (χ2n) is 34.7. The van der Waals surface area contributed by atoms with Gasteiger partial charge in [-0.05, 0) is 156 Å². The van der Waals surface area contributed by atoms with Crippen molar-refractivity contribution in [1.82, 2.24) is 43.6 Å². The maximum Gasteiger partial charge on any atom is 0.235 e. The first-order valence-electron chi connectivity index (χ1n) is 46.3. The van der Waals surface area contributed by atoms with Gasteiger partial charge in [-0.1, -0.05) is 346 Å². The number of aromatic nitrogens is 9. The van der Waals surface area contributed by atoms with E-state index in [-0.39, 0.29) is 0 Å². The minimum absolute atomic E-state index is 0.676. The highest BCUT2D eigenvalue weighted by Gasteiger charge is 2.25. The van der Waals surface area contributed by atoms with Crippen LogP contribution in [-0.4, -0.2) is 43.6 Å². The van der Waals surface area contributed by atoms with Crippen molar-refractivity contribution in [2.24, 2.45) is 0 Å². The molecule has 9 aromatic heterocycles. The first-order valence-corrected chi connectivity index (χ1v) is 48.8. The Morgan fingerprint density at radius 3 is 1.09 bits per heavy atom. The molecule has 9 nitrogen and oxygen atoms in total. The van der Waals surface area contributed by atoms with Crippen LogP contribution in [0.5, 0.6) is 0 Å². The predicted molar refractivity (Wildman–Crippen MR) is 582 cm³/mol. The van der Waals surface area contributed by atoms with Crippen molar-refractivity contribution in [2.45, 2.75) is 0 Å². The maximum absolute atomic E-state index is 5.38. The SMILES string of the molecule is c1ccc(-c2cc(-c3cccc4sc5ccccc5c34)nc(-n3c4ccccc4c4ccccc43)n2)cc1.c1ccc(-c2ccc(-c3cc(-c4cccc5sc6ccccc6c45)nc(-c4ccc5c(c4)c4ccccc4n5-c4ccccc4)n3)cc2)cc1.c1ccc(-c2cccc(-c3cc(-c4ccc5c(c4)sc4ccccc45)nc(-c4cccc5c6ccccc6n(-c6ccccc6)c45)n3)c2)cc1. The molecule has 0 aliphatic rings. The van der Waals surface area contributed by atoms with Crippen molar-refractivity contribution < 1.29 is 0 Å². The van der Waals surface area contributed by atoms with Crippen molar-refractivity contribution in [3.8, 4) is 130 Å². The molecule has 0 N–H and O–H groups in total. The van der Waals surface area contributed by atoms with Gasteiger partial charge in [-0.3, -0.25) is 4.57 Å². The van der Waals surface area contributed by atoms with Gasteiger partial charge in [0, 0.05) is 149 Å². The standard InChI is InChI=1S/2C46H29N3S.C34H21N3S/c1-3-13-30(14-4-1)31-15-11-16-32(27-31)40-29-41(33-25-26-37-36-20-8-10-24-43(36)50-44(37)28-33)48-46(47-40)39-22-12-21-38-35-19-7-9-23-42(35)49(45(38)39)34-17-5-2-6-18-34;1-3-12-30(13-4-1)31-22-24-32(25-23-31)39-29-40(36-18-11-21-44-45(36)37-17-8-10-20-43(37)50-44)48-46(47-39)33-26-27-42-38(28-33)35-16-7-9-19-41(35)49(42)34-14-5-2-6-15-34;1-2-11-22(12-3-1)27-21-28(25-16-10-20-32-33(25)26-15-6-9-19-31(26)38-32)36-34(35-27)37-29-17-7-4-13-23(29)24-14-5-8-18-30(24)37/h2*1-29H;1-21H. The molecule has 9 heterocycles. The fourth-order valence-electron chi connectivity index (χ4n) is 20.1. The van der Waals surface area contributed by atoms with Crippen LogP contribution in [0.2, 0.25) is 0 Å². The quantitative estimate of drug-likeness (QED) is 0.114. The van der Waals surface area contributed by atoms with Gasteiger partial charge in [0.15, 0.2) is 11.6 Å². The second kappa shape index (κ2) is 34.5. The van der Waals surface area contributed by atoms with Gasteiger partial charge in [0.05, 0.1) is 67.3 Å². The summed E-state index contributed by atoms with van der Waals surface area (Å²) in [7, 11) is 0. The Labute approximate surface area is 806 Å². The highest BCUT2D eigenvalue weighted by Crippen LogP contribution is 2.47. The van der Waals surface area contributed by atoms with Crippen LogP contribution in [0.15, 0.2) is 479 Å². The third kappa shape index (κ3) is 14.5. The number of rotatable bonds is 13. The molecule has 646 valence electrons. The minimum atomic E-state index is 0.676. The summed E-state index contributed by atoms with van der Waals surface area (Å²) in [6.07, 6.45) is 0. The fraction of sp³-hybridized carbons (Fsp3) is 0. The zero-order chi connectivity index (χ0) is 91.1. The Bertz CT molecular complexity index is 9540. The molecule has 12 heteroatoms. The van der Waals surface area contributed by atoms with E-state index >= 15 is 0 Å². The van der Waals surface area contributed by atoms with Crippen molar-refractivity contribution in [3.63, 3.8) is 0 Å². The first-order chi connectivity index (χ1) is 68.4. The monoisotopic (exact) mass is 1810 g/mol.